The molecule has 0 saturated heterocycles. The molecule has 0 fully saturated rings. The summed E-state index contributed by atoms with van der Waals surface area (Å²) in [4.78, 5) is 22.1. The molecule has 0 spiro atoms. The first-order chi connectivity index (χ1) is 11.8. The minimum atomic E-state index is 0.00903. The van der Waals surface area contributed by atoms with Gasteiger partial charge in [-0.2, -0.15) is 5.10 Å². The molecule has 3 heterocycles. The van der Waals surface area contributed by atoms with E-state index in [2.05, 4.69) is 20.4 Å². The van der Waals surface area contributed by atoms with E-state index in [4.69, 9.17) is 0 Å². The van der Waals surface area contributed by atoms with Gasteiger partial charge in [-0.25, -0.2) is 14.6 Å². The van der Waals surface area contributed by atoms with E-state index in [0.717, 1.165) is 24.0 Å². The zero-order valence-corrected chi connectivity index (χ0v) is 13.9. The van der Waals surface area contributed by atoms with Gasteiger partial charge in [0.05, 0.1) is 5.56 Å². The highest BCUT2D eigenvalue weighted by molar-refractivity contribution is 7.10. The number of thiophene rings is 1. The molecule has 0 radical (unpaired) electrons. The molecule has 0 aromatic carbocycles. The van der Waals surface area contributed by atoms with Crippen LogP contribution in [0.5, 0.6) is 0 Å². The Bertz CT molecular complexity index is 839. The van der Waals surface area contributed by atoms with Crippen molar-refractivity contribution in [3.8, 4) is 5.82 Å². The number of amides is 1. The van der Waals surface area contributed by atoms with Gasteiger partial charge in [-0.1, -0.05) is 6.07 Å². The molecule has 1 aliphatic carbocycles. The maximum absolute atomic E-state index is 12.5. The fourth-order valence-corrected chi connectivity index (χ4v) is 4.07. The largest absolute Gasteiger partial charge is 0.348 e. The molecule has 0 bridgehead atoms. The van der Waals surface area contributed by atoms with Crippen molar-refractivity contribution in [2.45, 2.75) is 32.2 Å². The number of pyridine rings is 1. The average Bonchev–Trinajstić information content (AvgIpc) is 3.30. The van der Waals surface area contributed by atoms with Crippen LogP contribution in [0.2, 0.25) is 0 Å². The zero-order valence-electron chi connectivity index (χ0n) is 13.1. The molecule has 6 nitrogen and oxygen atoms in total. The summed E-state index contributed by atoms with van der Waals surface area (Å²) in [7, 11) is 0. The van der Waals surface area contributed by atoms with Gasteiger partial charge in [0.2, 0.25) is 0 Å². The first-order valence-corrected chi connectivity index (χ1v) is 8.86. The summed E-state index contributed by atoms with van der Waals surface area (Å²) < 4.78 is 1.60. The van der Waals surface area contributed by atoms with Crippen LogP contribution in [-0.4, -0.2) is 25.7 Å². The molecule has 1 aliphatic rings. The van der Waals surface area contributed by atoms with E-state index in [1.807, 2.05) is 17.5 Å². The second kappa shape index (κ2) is 6.52. The van der Waals surface area contributed by atoms with Crippen LogP contribution >= 0.6 is 11.3 Å². The van der Waals surface area contributed by atoms with Crippen molar-refractivity contribution in [2.75, 3.05) is 0 Å². The lowest BCUT2D eigenvalue weighted by atomic mass is 9.95. The monoisotopic (exact) mass is 339 g/mol. The summed E-state index contributed by atoms with van der Waals surface area (Å²) in [5.41, 5.74) is 3.06. The Kier molecular flexibility index (Phi) is 4.08. The number of carbonyl (C=O) groups excluding carboxylic acids is 1. The first-order valence-electron chi connectivity index (χ1n) is 7.98. The van der Waals surface area contributed by atoms with Crippen molar-refractivity contribution >= 4 is 17.2 Å². The van der Waals surface area contributed by atoms with E-state index < -0.39 is 0 Å². The van der Waals surface area contributed by atoms with Crippen LogP contribution in [0.25, 0.3) is 5.82 Å². The molecule has 3 aromatic heterocycles. The molecule has 4 rings (SSSR count). The van der Waals surface area contributed by atoms with Gasteiger partial charge in [0.1, 0.15) is 12.7 Å². The zero-order chi connectivity index (χ0) is 16.4. The molecule has 24 heavy (non-hydrogen) atoms. The third-order valence-corrected chi connectivity index (χ3v) is 5.31. The number of aryl methyl sites for hydroxylation is 1. The Balaban J connectivity index is 1.41. The van der Waals surface area contributed by atoms with E-state index in [-0.39, 0.29) is 5.91 Å². The lowest BCUT2D eigenvalue weighted by molar-refractivity contribution is 0.0950. The first kappa shape index (κ1) is 15.0. The molecule has 122 valence electrons. The van der Waals surface area contributed by atoms with Gasteiger partial charge in [-0.3, -0.25) is 4.79 Å². The van der Waals surface area contributed by atoms with Crippen LogP contribution in [0.4, 0.5) is 0 Å². The molecule has 3 aromatic rings. The van der Waals surface area contributed by atoms with E-state index in [0.29, 0.717) is 12.4 Å². The van der Waals surface area contributed by atoms with Gasteiger partial charge >= 0.3 is 0 Å². The fraction of sp³-hybridized carbons (Fsp3) is 0.294. The average molecular weight is 339 g/mol. The summed E-state index contributed by atoms with van der Waals surface area (Å²) in [6, 6.07) is 3.80. The highest BCUT2D eigenvalue weighted by Crippen LogP contribution is 2.30. The summed E-state index contributed by atoms with van der Waals surface area (Å²) in [5.74, 6) is 0.712. The molecule has 1 N–H and O–H groups in total. The molecular weight excluding hydrogens is 322 g/mol. The third-order valence-electron chi connectivity index (χ3n) is 4.22. The number of hydrogen-bond donors (Lipinski definition) is 1. The Hall–Kier alpha value is -2.54. The van der Waals surface area contributed by atoms with E-state index in [1.54, 1.807) is 28.5 Å². The predicted octanol–water partition coefficient (Wildman–Crippen LogP) is 2.53. The maximum Gasteiger partial charge on any atom is 0.252 e. The van der Waals surface area contributed by atoms with E-state index >= 15 is 0 Å². The maximum atomic E-state index is 12.5. The number of nitrogens with zero attached hydrogens (tertiary/aromatic N) is 4. The Morgan fingerprint density at radius 3 is 3.00 bits per heavy atom. The van der Waals surface area contributed by atoms with Gasteiger partial charge in [-0.15, -0.1) is 11.3 Å². The lowest BCUT2D eigenvalue weighted by Crippen LogP contribution is -2.24. The van der Waals surface area contributed by atoms with Crippen molar-refractivity contribution < 1.29 is 4.79 Å². The summed E-state index contributed by atoms with van der Waals surface area (Å²) in [5, 5.41) is 9.04. The Morgan fingerprint density at radius 2 is 2.21 bits per heavy atom. The Labute approximate surface area is 143 Å². The summed E-state index contributed by atoms with van der Waals surface area (Å²) in [6.07, 6.45) is 9.37. The number of hydrogen-bond acceptors (Lipinski definition) is 5. The fourth-order valence-electron chi connectivity index (χ4n) is 2.95. The van der Waals surface area contributed by atoms with Crippen LogP contribution in [0.3, 0.4) is 0 Å². The van der Waals surface area contributed by atoms with E-state index in [1.165, 1.54) is 29.6 Å². The normalized spacial score (nSPS) is 13.5. The quantitative estimate of drug-likeness (QED) is 0.793. The van der Waals surface area contributed by atoms with Crippen LogP contribution in [0.15, 0.2) is 36.4 Å². The van der Waals surface area contributed by atoms with Gasteiger partial charge in [-0.05, 0) is 42.9 Å². The van der Waals surface area contributed by atoms with Gasteiger partial charge in [0.15, 0.2) is 5.82 Å². The SMILES string of the molecule is O=C(NCc1ccc(-n2cncn2)nc1)c1csc2c1CCCC2. The highest BCUT2D eigenvalue weighted by Gasteiger charge is 2.19. The molecule has 0 atom stereocenters. The topological polar surface area (TPSA) is 72.7 Å². The molecule has 0 aliphatic heterocycles. The number of carbonyl (C=O) groups is 1. The second-order valence-corrected chi connectivity index (χ2v) is 6.77. The molecule has 7 heteroatoms. The number of fused-ring (bicyclic) bond motifs is 1. The van der Waals surface area contributed by atoms with Crippen LogP contribution in [-0.2, 0) is 19.4 Å². The lowest BCUT2D eigenvalue weighted by Gasteiger charge is -2.12. The van der Waals surface area contributed by atoms with Crippen LogP contribution < -0.4 is 5.32 Å². The smallest absolute Gasteiger partial charge is 0.252 e. The molecule has 0 saturated carbocycles. The van der Waals surface area contributed by atoms with E-state index in [9.17, 15) is 4.79 Å². The summed E-state index contributed by atoms with van der Waals surface area (Å²) in [6.45, 7) is 0.466. The number of aromatic nitrogens is 4. The minimum absolute atomic E-state index is 0.00903. The van der Waals surface area contributed by atoms with Crippen molar-refractivity contribution in [1.29, 1.82) is 0 Å². The Morgan fingerprint density at radius 1 is 1.29 bits per heavy atom. The highest BCUT2D eigenvalue weighted by atomic mass is 32.1. The minimum Gasteiger partial charge on any atom is -0.348 e. The number of nitrogens with one attached hydrogen (secondary N) is 1. The van der Waals surface area contributed by atoms with Crippen molar-refractivity contribution in [2.24, 2.45) is 0 Å². The van der Waals surface area contributed by atoms with Crippen LogP contribution in [0, 0.1) is 0 Å². The van der Waals surface area contributed by atoms with Crippen LogP contribution in [0.1, 0.15) is 39.2 Å². The van der Waals surface area contributed by atoms with Crippen molar-refractivity contribution in [3.63, 3.8) is 0 Å². The van der Waals surface area contributed by atoms with Gasteiger partial charge in [0, 0.05) is 23.0 Å². The predicted molar refractivity (Wildman–Crippen MR) is 91.3 cm³/mol. The third kappa shape index (κ3) is 2.94. The van der Waals surface area contributed by atoms with Crippen molar-refractivity contribution in [1.82, 2.24) is 25.1 Å². The molecular formula is C17H17N5OS. The van der Waals surface area contributed by atoms with Crippen molar-refractivity contribution in [3.05, 3.63) is 57.9 Å². The summed E-state index contributed by atoms with van der Waals surface area (Å²) >= 11 is 1.71. The second-order valence-electron chi connectivity index (χ2n) is 5.81. The molecule has 1 amide bonds. The number of rotatable bonds is 4. The van der Waals surface area contributed by atoms with Gasteiger partial charge < -0.3 is 5.32 Å². The van der Waals surface area contributed by atoms with Gasteiger partial charge in [0.25, 0.3) is 5.91 Å². The molecule has 0 unspecified atom stereocenters. The standard InChI is InChI=1S/C17H17N5OS/c23-17(14-9-24-15-4-2-1-3-13(14)15)20-8-12-5-6-16(19-7-12)22-11-18-10-21-22/h5-7,9-11H,1-4,8H2,(H,20,23).